The van der Waals surface area contributed by atoms with Gasteiger partial charge in [0.05, 0.1) is 23.4 Å². The quantitative estimate of drug-likeness (QED) is 0.442. The van der Waals surface area contributed by atoms with Crippen LogP contribution in [0.3, 0.4) is 0 Å². The summed E-state index contributed by atoms with van der Waals surface area (Å²) in [5.74, 6) is -0.185. The smallest absolute Gasteiger partial charge is 0.335 e. The van der Waals surface area contributed by atoms with Gasteiger partial charge >= 0.3 is 5.97 Å². The van der Waals surface area contributed by atoms with E-state index in [1.54, 1.807) is 35.9 Å². The zero-order valence-corrected chi connectivity index (χ0v) is 20.2. The molecule has 1 unspecified atom stereocenters. The van der Waals surface area contributed by atoms with Gasteiger partial charge in [-0.3, -0.25) is 9.69 Å². The summed E-state index contributed by atoms with van der Waals surface area (Å²) in [5, 5.41) is 9.55. The number of halogens is 2. The lowest BCUT2D eigenvalue weighted by Crippen LogP contribution is -2.30. The Hall–Kier alpha value is -2.80. The van der Waals surface area contributed by atoms with E-state index in [1.165, 1.54) is 6.07 Å². The molecule has 3 rings (SSSR count). The molecule has 0 aliphatic carbocycles. The number of aryl methyl sites for hydroxylation is 1. The van der Waals surface area contributed by atoms with Gasteiger partial charge in [0.2, 0.25) is 0 Å². The van der Waals surface area contributed by atoms with Crippen LogP contribution in [0, 0.1) is 0 Å². The number of para-hydroxylation sites is 1. The summed E-state index contributed by atoms with van der Waals surface area (Å²) in [7, 11) is 3.60. The van der Waals surface area contributed by atoms with E-state index in [0.717, 1.165) is 16.9 Å². The average molecular weight is 489 g/mol. The number of benzene rings is 2. The van der Waals surface area contributed by atoms with Crippen molar-refractivity contribution in [3.8, 4) is 5.75 Å². The zero-order chi connectivity index (χ0) is 24.1. The molecule has 1 N–H and O–H groups in total. The van der Waals surface area contributed by atoms with Crippen molar-refractivity contribution in [3.05, 3.63) is 97.4 Å². The van der Waals surface area contributed by atoms with Gasteiger partial charge in [-0.15, -0.1) is 0 Å². The van der Waals surface area contributed by atoms with E-state index in [1.807, 2.05) is 31.3 Å². The number of methoxy groups -OCH3 is 1. The van der Waals surface area contributed by atoms with E-state index in [-0.39, 0.29) is 22.2 Å². The van der Waals surface area contributed by atoms with Crippen LogP contribution in [0.2, 0.25) is 10.0 Å². The van der Waals surface area contributed by atoms with Gasteiger partial charge in [0.25, 0.3) is 5.56 Å². The molecule has 2 aromatic carbocycles. The number of carboxylic acid groups (broad SMARTS) is 1. The SMILES string of the molecule is COc1ccccc1C(C)N(C)Cc1c(Cl)cc(Cl)c(=O)n1CCc1ccc(C(=O)O)cc1. The normalized spacial score (nSPS) is 12.1. The molecule has 8 heteroatoms. The summed E-state index contributed by atoms with van der Waals surface area (Å²) in [6.07, 6.45) is 0.523. The van der Waals surface area contributed by atoms with Crippen molar-refractivity contribution in [2.75, 3.05) is 14.2 Å². The Morgan fingerprint density at radius 2 is 1.79 bits per heavy atom. The molecule has 33 heavy (non-hydrogen) atoms. The largest absolute Gasteiger partial charge is 0.496 e. The fourth-order valence-electron chi connectivity index (χ4n) is 3.71. The van der Waals surface area contributed by atoms with Gasteiger partial charge in [-0.1, -0.05) is 53.5 Å². The summed E-state index contributed by atoms with van der Waals surface area (Å²) in [4.78, 5) is 26.0. The predicted octanol–water partition coefficient (Wildman–Crippen LogP) is 5.30. The van der Waals surface area contributed by atoms with Crippen molar-refractivity contribution in [3.63, 3.8) is 0 Å². The third-order valence-corrected chi connectivity index (χ3v) is 6.38. The molecule has 0 saturated heterocycles. The van der Waals surface area contributed by atoms with Gasteiger partial charge in [0.15, 0.2) is 0 Å². The van der Waals surface area contributed by atoms with Gasteiger partial charge in [-0.25, -0.2) is 4.79 Å². The highest BCUT2D eigenvalue weighted by molar-refractivity contribution is 6.34. The third-order valence-electron chi connectivity index (χ3n) is 5.78. The molecule has 3 aromatic rings. The van der Waals surface area contributed by atoms with E-state index in [2.05, 4.69) is 11.8 Å². The first-order chi connectivity index (χ1) is 15.7. The van der Waals surface area contributed by atoms with Crippen molar-refractivity contribution in [1.29, 1.82) is 0 Å². The van der Waals surface area contributed by atoms with Gasteiger partial charge in [-0.2, -0.15) is 0 Å². The molecule has 0 aliphatic heterocycles. The molecule has 1 aromatic heterocycles. The van der Waals surface area contributed by atoms with Crippen LogP contribution in [0.4, 0.5) is 0 Å². The van der Waals surface area contributed by atoms with Crippen molar-refractivity contribution in [2.45, 2.75) is 32.5 Å². The summed E-state index contributed by atoms with van der Waals surface area (Å²) in [5.41, 5.74) is 2.51. The number of pyridine rings is 1. The highest BCUT2D eigenvalue weighted by Crippen LogP contribution is 2.30. The Balaban J connectivity index is 1.86. The van der Waals surface area contributed by atoms with Gasteiger partial charge in [0.1, 0.15) is 10.8 Å². The zero-order valence-electron chi connectivity index (χ0n) is 18.7. The molecule has 6 nitrogen and oxygen atoms in total. The lowest BCUT2D eigenvalue weighted by molar-refractivity contribution is 0.0697. The fraction of sp³-hybridized carbons (Fsp3) is 0.280. The fourth-order valence-corrected chi connectivity index (χ4v) is 4.25. The number of aromatic carboxylic acids is 1. The van der Waals surface area contributed by atoms with Crippen LogP contribution >= 0.6 is 23.2 Å². The number of hydrogen-bond acceptors (Lipinski definition) is 4. The van der Waals surface area contributed by atoms with E-state index in [0.29, 0.717) is 30.2 Å². The molecule has 0 aliphatic rings. The highest BCUT2D eigenvalue weighted by Gasteiger charge is 2.20. The van der Waals surface area contributed by atoms with Crippen LogP contribution < -0.4 is 10.3 Å². The summed E-state index contributed by atoms with van der Waals surface area (Å²) < 4.78 is 7.10. The Bertz CT molecular complexity index is 1190. The number of nitrogens with zero attached hydrogens (tertiary/aromatic N) is 2. The lowest BCUT2D eigenvalue weighted by atomic mass is 10.1. The Morgan fingerprint density at radius 3 is 2.42 bits per heavy atom. The minimum absolute atomic E-state index is 0.00000909. The van der Waals surface area contributed by atoms with E-state index < -0.39 is 5.97 Å². The molecule has 0 fully saturated rings. The second-order valence-electron chi connectivity index (χ2n) is 7.83. The second kappa shape index (κ2) is 10.9. The van der Waals surface area contributed by atoms with E-state index in [9.17, 15) is 9.59 Å². The monoisotopic (exact) mass is 488 g/mol. The molecule has 0 spiro atoms. The Kier molecular flexibility index (Phi) is 8.19. The van der Waals surface area contributed by atoms with Crippen LogP contribution in [0.1, 0.15) is 40.1 Å². The number of carbonyl (C=O) groups is 1. The van der Waals surface area contributed by atoms with E-state index >= 15 is 0 Å². The first-order valence-electron chi connectivity index (χ1n) is 10.5. The molecule has 1 atom stereocenters. The van der Waals surface area contributed by atoms with Crippen LogP contribution in [0.5, 0.6) is 5.75 Å². The van der Waals surface area contributed by atoms with Crippen LogP contribution in [0.15, 0.2) is 59.4 Å². The third kappa shape index (κ3) is 5.77. The summed E-state index contributed by atoms with van der Waals surface area (Å²) in [6, 6.07) is 15.9. The number of hydrogen-bond donors (Lipinski definition) is 1. The van der Waals surface area contributed by atoms with Gasteiger partial charge in [0, 0.05) is 24.7 Å². The topological polar surface area (TPSA) is 71.8 Å². The minimum Gasteiger partial charge on any atom is -0.496 e. The van der Waals surface area contributed by atoms with Crippen molar-refractivity contribution < 1.29 is 14.6 Å². The maximum absolute atomic E-state index is 12.9. The lowest BCUT2D eigenvalue weighted by Gasteiger charge is -2.28. The molecule has 174 valence electrons. The van der Waals surface area contributed by atoms with Crippen LogP contribution in [-0.2, 0) is 19.5 Å². The Morgan fingerprint density at radius 1 is 1.12 bits per heavy atom. The maximum Gasteiger partial charge on any atom is 0.335 e. The van der Waals surface area contributed by atoms with Gasteiger partial charge in [-0.05, 0) is 50.2 Å². The molecule has 0 amide bonds. The first-order valence-corrected chi connectivity index (χ1v) is 11.2. The van der Waals surface area contributed by atoms with Crippen molar-refractivity contribution >= 4 is 29.2 Å². The van der Waals surface area contributed by atoms with Crippen molar-refractivity contribution in [1.82, 2.24) is 9.47 Å². The summed E-state index contributed by atoms with van der Waals surface area (Å²) >= 11 is 12.7. The maximum atomic E-state index is 12.9. The van der Waals surface area contributed by atoms with Gasteiger partial charge < -0.3 is 14.4 Å². The molecular formula is C25H26Cl2N2O4. The number of rotatable bonds is 9. The summed E-state index contributed by atoms with van der Waals surface area (Å²) in [6.45, 7) is 2.84. The molecule has 1 heterocycles. The van der Waals surface area contributed by atoms with Crippen LogP contribution in [-0.4, -0.2) is 34.7 Å². The molecular weight excluding hydrogens is 463 g/mol. The van der Waals surface area contributed by atoms with E-state index in [4.69, 9.17) is 33.0 Å². The average Bonchev–Trinajstić information content (AvgIpc) is 2.81. The Labute approximate surface area is 202 Å². The standard InChI is InChI=1S/C25H26Cl2N2O4/c1-16(19-6-4-5-7-23(19)33-3)28(2)15-22-20(26)14-21(27)24(30)29(22)13-12-17-8-10-18(11-9-17)25(31)32/h4-11,14,16H,12-13,15H2,1-3H3,(H,31,32). The first kappa shape index (κ1) is 24.8. The van der Waals surface area contributed by atoms with Crippen LogP contribution in [0.25, 0.3) is 0 Å². The molecule has 0 radical (unpaired) electrons. The number of aromatic nitrogens is 1. The highest BCUT2D eigenvalue weighted by atomic mass is 35.5. The minimum atomic E-state index is -0.978. The predicted molar refractivity (Wildman–Crippen MR) is 131 cm³/mol. The second-order valence-corrected chi connectivity index (χ2v) is 8.64. The molecule has 0 bridgehead atoms. The van der Waals surface area contributed by atoms with Crippen molar-refractivity contribution in [2.24, 2.45) is 0 Å². The number of carboxylic acids is 1. The molecule has 0 saturated carbocycles. The number of ether oxygens (including phenoxy) is 1.